The summed E-state index contributed by atoms with van der Waals surface area (Å²) >= 11 is 0. The van der Waals surface area contributed by atoms with Crippen LogP contribution in [0.3, 0.4) is 0 Å². The van der Waals surface area contributed by atoms with Gasteiger partial charge in [0.2, 0.25) is 0 Å². The summed E-state index contributed by atoms with van der Waals surface area (Å²) in [4.78, 5) is 0. The molecule has 0 aliphatic heterocycles. The molecular weight excluding hydrogens is 139 g/mol. The van der Waals surface area contributed by atoms with Crippen molar-refractivity contribution in [2.75, 3.05) is 6.66 Å². The molecule has 0 radical (unpaired) electrons. The lowest BCUT2D eigenvalue weighted by Crippen LogP contribution is -2.23. The first-order valence-corrected chi connectivity index (χ1v) is 6.00. The van der Waals surface area contributed by atoms with E-state index in [1.54, 1.807) is 0 Å². The van der Waals surface area contributed by atoms with Crippen LogP contribution < -0.4 is 0 Å². The molecule has 0 heterocycles. The Balaban J connectivity index is 4.23. The molecule has 0 saturated carbocycles. The SMILES string of the molecule is C[PH+](C(C)(C)C)C(C)(C)C. The molecule has 0 saturated heterocycles. The third-order valence-electron chi connectivity index (χ3n) is 2.25. The highest BCUT2D eigenvalue weighted by molar-refractivity contribution is 7.60. The van der Waals surface area contributed by atoms with E-state index < -0.39 is 0 Å². The zero-order chi connectivity index (χ0) is 8.58. The summed E-state index contributed by atoms with van der Waals surface area (Å²) in [6, 6.07) is 0. The molecule has 0 aliphatic rings. The minimum Gasteiger partial charge on any atom is -0.0261 e. The van der Waals surface area contributed by atoms with Crippen molar-refractivity contribution in [3.63, 3.8) is 0 Å². The average Bonchev–Trinajstić information content (AvgIpc) is 1.59. The Hall–Kier alpha value is 0.430. The molecule has 0 atom stereocenters. The normalized spacial score (nSPS) is 14.4. The standard InChI is InChI=1S/C9H21P/c1-8(2,3)10(7)9(4,5)6/h1-7H3/p+1. The van der Waals surface area contributed by atoms with Gasteiger partial charge in [0.15, 0.2) is 0 Å². The maximum absolute atomic E-state index is 2.44. The molecule has 0 bridgehead atoms. The Bertz CT molecular complexity index is 88.9. The summed E-state index contributed by atoms with van der Waals surface area (Å²) < 4.78 is 0. The van der Waals surface area contributed by atoms with Crippen molar-refractivity contribution in [3.8, 4) is 0 Å². The Labute approximate surface area is 67.2 Å². The second-order valence-corrected chi connectivity index (χ2v) is 9.38. The molecule has 0 nitrogen and oxygen atoms in total. The molecule has 0 spiro atoms. The fourth-order valence-corrected chi connectivity index (χ4v) is 3.38. The summed E-state index contributed by atoms with van der Waals surface area (Å²) in [5.41, 5.74) is 0. The molecule has 0 aromatic heterocycles. The lowest BCUT2D eigenvalue weighted by molar-refractivity contribution is 0.711. The predicted molar refractivity (Wildman–Crippen MR) is 53.7 cm³/mol. The van der Waals surface area contributed by atoms with Crippen molar-refractivity contribution >= 4 is 7.92 Å². The monoisotopic (exact) mass is 161 g/mol. The molecule has 0 amide bonds. The molecule has 0 unspecified atom stereocenters. The van der Waals surface area contributed by atoms with Gasteiger partial charge in [0.1, 0.15) is 0 Å². The predicted octanol–water partition coefficient (Wildman–Crippen LogP) is 3.43. The van der Waals surface area contributed by atoms with Crippen LogP contribution in [0.5, 0.6) is 0 Å². The van der Waals surface area contributed by atoms with Gasteiger partial charge in [-0.25, -0.2) is 0 Å². The molecule has 10 heavy (non-hydrogen) atoms. The first-order chi connectivity index (χ1) is 4.15. The van der Waals surface area contributed by atoms with Crippen LogP contribution in [0.25, 0.3) is 0 Å². The van der Waals surface area contributed by atoms with Gasteiger partial charge in [-0.15, -0.1) is 0 Å². The highest BCUT2D eigenvalue weighted by Crippen LogP contribution is 2.55. The fourth-order valence-electron chi connectivity index (χ4n) is 1.12. The number of rotatable bonds is 0. The van der Waals surface area contributed by atoms with Crippen LogP contribution in [0, 0.1) is 0 Å². The molecule has 0 aromatic rings. The van der Waals surface area contributed by atoms with Gasteiger partial charge in [-0.05, 0) is 41.5 Å². The molecule has 0 aromatic carbocycles. The molecular formula is C9H22P+. The molecule has 0 N–H and O–H groups in total. The van der Waals surface area contributed by atoms with Crippen LogP contribution in [0.2, 0.25) is 0 Å². The topological polar surface area (TPSA) is 0 Å². The molecule has 62 valence electrons. The minimum atomic E-state index is -0.221. The van der Waals surface area contributed by atoms with Gasteiger partial charge in [-0.2, -0.15) is 0 Å². The van der Waals surface area contributed by atoms with Gasteiger partial charge >= 0.3 is 0 Å². The van der Waals surface area contributed by atoms with E-state index in [1.165, 1.54) is 0 Å². The van der Waals surface area contributed by atoms with E-state index in [9.17, 15) is 0 Å². The fraction of sp³-hybridized carbons (Fsp3) is 1.00. The van der Waals surface area contributed by atoms with Crippen molar-refractivity contribution in [1.82, 2.24) is 0 Å². The second-order valence-electron chi connectivity index (χ2n) is 5.12. The zero-order valence-corrected chi connectivity index (χ0v) is 9.50. The summed E-state index contributed by atoms with van der Waals surface area (Å²) in [6.07, 6.45) is 0. The summed E-state index contributed by atoms with van der Waals surface area (Å²) in [7, 11) is -0.221. The van der Waals surface area contributed by atoms with Gasteiger partial charge in [0.05, 0.1) is 10.3 Å². The quantitative estimate of drug-likeness (QED) is 0.477. The van der Waals surface area contributed by atoms with E-state index >= 15 is 0 Å². The summed E-state index contributed by atoms with van der Waals surface area (Å²) in [6.45, 7) is 16.6. The van der Waals surface area contributed by atoms with Crippen LogP contribution in [-0.2, 0) is 0 Å². The second kappa shape index (κ2) is 2.81. The third kappa shape index (κ3) is 3.01. The van der Waals surface area contributed by atoms with Crippen LogP contribution in [0.15, 0.2) is 0 Å². The Morgan fingerprint density at radius 2 is 0.900 bits per heavy atom. The Kier molecular flexibility index (Phi) is 2.94. The molecule has 0 fully saturated rings. The smallest absolute Gasteiger partial charge is 0.0261 e. The Morgan fingerprint density at radius 1 is 0.700 bits per heavy atom. The van der Waals surface area contributed by atoms with Crippen molar-refractivity contribution in [2.45, 2.75) is 51.9 Å². The highest BCUT2D eigenvalue weighted by Gasteiger charge is 2.37. The Morgan fingerprint density at radius 3 is 0.900 bits per heavy atom. The first kappa shape index (κ1) is 10.4. The largest absolute Gasteiger partial charge is 0.0695 e. The van der Waals surface area contributed by atoms with E-state index in [-0.39, 0.29) is 7.92 Å². The van der Waals surface area contributed by atoms with Crippen LogP contribution in [-0.4, -0.2) is 17.0 Å². The maximum Gasteiger partial charge on any atom is 0.0695 e. The van der Waals surface area contributed by atoms with Gasteiger partial charge in [0, 0.05) is 14.6 Å². The van der Waals surface area contributed by atoms with Gasteiger partial charge < -0.3 is 0 Å². The van der Waals surface area contributed by atoms with Crippen molar-refractivity contribution in [3.05, 3.63) is 0 Å². The maximum atomic E-state index is 2.44. The minimum absolute atomic E-state index is 0.221. The average molecular weight is 161 g/mol. The number of hydrogen-bond donors (Lipinski definition) is 0. The molecule has 1 heteroatoms. The van der Waals surface area contributed by atoms with Gasteiger partial charge in [-0.1, -0.05) is 0 Å². The zero-order valence-electron chi connectivity index (χ0n) is 8.50. The van der Waals surface area contributed by atoms with E-state index in [4.69, 9.17) is 0 Å². The van der Waals surface area contributed by atoms with Crippen molar-refractivity contribution < 1.29 is 0 Å². The highest BCUT2D eigenvalue weighted by atomic mass is 31.1. The summed E-state index contributed by atoms with van der Waals surface area (Å²) in [5, 5.41) is 1.09. The van der Waals surface area contributed by atoms with Crippen LogP contribution in [0.1, 0.15) is 41.5 Å². The first-order valence-electron chi connectivity index (χ1n) is 4.00. The lowest BCUT2D eigenvalue weighted by atomic mass is 10.2. The molecule has 0 rings (SSSR count). The van der Waals surface area contributed by atoms with Crippen molar-refractivity contribution in [1.29, 1.82) is 0 Å². The van der Waals surface area contributed by atoms with E-state index in [0.717, 1.165) is 0 Å². The van der Waals surface area contributed by atoms with Crippen LogP contribution in [0.4, 0.5) is 0 Å². The van der Waals surface area contributed by atoms with Gasteiger partial charge in [0.25, 0.3) is 0 Å². The van der Waals surface area contributed by atoms with Crippen molar-refractivity contribution in [2.24, 2.45) is 0 Å². The lowest BCUT2D eigenvalue weighted by Gasteiger charge is -2.30. The summed E-state index contributed by atoms with van der Waals surface area (Å²) in [5.74, 6) is 0. The van der Waals surface area contributed by atoms with E-state index in [1.807, 2.05) is 0 Å². The molecule has 0 aliphatic carbocycles. The van der Waals surface area contributed by atoms with Crippen LogP contribution >= 0.6 is 7.92 Å². The number of hydrogen-bond acceptors (Lipinski definition) is 0. The van der Waals surface area contributed by atoms with E-state index in [2.05, 4.69) is 48.2 Å². The third-order valence-corrected chi connectivity index (χ3v) is 6.75. The van der Waals surface area contributed by atoms with E-state index in [0.29, 0.717) is 10.3 Å². The van der Waals surface area contributed by atoms with Gasteiger partial charge in [-0.3, -0.25) is 0 Å².